The first kappa shape index (κ1) is 15.5. The van der Waals surface area contributed by atoms with Crippen LogP contribution >= 0.6 is 15.9 Å². The van der Waals surface area contributed by atoms with E-state index in [2.05, 4.69) is 41.2 Å². The van der Waals surface area contributed by atoms with E-state index in [4.69, 9.17) is 4.74 Å². The zero-order valence-electron chi connectivity index (χ0n) is 11.8. The minimum Gasteiger partial charge on any atom is -0.497 e. The van der Waals surface area contributed by atoms with Gasteiger partial charge in [0.2, 0.25) is 0 Å². The van der Waals surface area contributed by atoms with Crippen molar-refractivity contribution in [1.82, 2.24) is 5.32 Å². The molecule has 1 aromatic carbocycles. The summed E-state index contributed by atoms with van der Waals surface area (Å²) < 4.78 is 6.35. The van der Waals surface area contributed by atoms with Crippen LogP contribution < -0.4 is 10.1 Å². The van der Waals surface area contributed by atoms with Gasteiger partial charge in [-0.15, -0.1) is 0 Å². The zero-order valence-corrected chi connectivity index (χ0v) is 13.4. The highest BCUT2D eigenvalue weighted by Crippen LogP contribution is 2.30. The number of methoxy groups -OCH3 is 1. The van der Waals surface area contributed by atoms with Crippen LogP contribution in [0.3, 0.4) is 0 Å². The van der Waals surface area contributed by atoms with Gasteiger partial charge >= 0.3 is 0 Å². The molecule has 2 nitrogen and oxygen atoms in total. The molecular weight excluding hydrogens is 290 g/mol. The van der Waals surface area contributed by atoms with Crippen LogP contribution in [0.5, 0.6) is 5.75 Å². The number of ether oxygens (including phenoxy) is 1. The highest BCUT2D eigenvalue weighted by atomic mass is 79.9. The second kappa shape index (κ2) is 7.15. The molecule has 0 saturated carbocycles. The van der Waals surface area contributed by atoms with E-state index in [9.17, 15) is 0 Å². The average molecular weight is 314 g/mol. The van der Waals surface area contributed by atoms with Crippen LogP contribution in [0.15, 0.2) is 22.7 Å². The molecule has 1 N–H and O–H groups in total. The molecule has 0 aromatic heterocycles. The van der Waals surface area contributed by atoms with E-state index in [1.54, 1.807) is 7.11 Å². The molecule has 0 bridgehead atoms. The maximum Gasteiger partial charge on any atom is 0.120 e. The van der Waals surface area contributed by atoms with Crippen molar-refractivity contribution in [1.29, 1.82) is 0 Å². The lowest BCUT2D eigenvalue weighted by Crippen LogP contribution is -2.20. The normalized spacial score (nSPS) is 11.6. The van der Waals surface area contributed by atoms with E-state index in [0.29, 0.717) is 5.41 Å². The Bertz CT molecular complexity index is 377. The van der Waals surface area contributed by atoms with Gasteiger partial charge in [-0.05, 0) is 56.0 Å². The van der Waals surface area contributed by atoms with Crippen molar-refractivity contribution in [3.63, 3.8) is 0 Å². The van der Waals surface area contributed by atoms with Gasteiger partial charge in [-0.2, -0.15) is 0 Å². The van der Waals surface area contributed by atoms with Crippen molar-refractivity contribution in [2.75, 3.05) is 20.7 Å². The Morgan fingerprint density at radius 3 is 2.56 bits per heavy atom. The van der Waals surface area contributed by atoms with Gasteiger partial charge in [-0.3, -0.25) is 0 Å². The third-order valence-corrected chi connectivity index (χ3v) is 4.12. The number of rotatable bonds is 7. The smallest absolute Gasteiger partial charge is 0.120 e. The van der Waals surface area contributed by atoms with E-state index < -0.39 is 0 Å². The summed E-state index contributed by atoms with van der Waals surface area (Å²) in [5.74, 6) is 0.903. The van der Waals surface area contributed by atoms with Crippen LogP contribution in [-0.2, 0) is 6.42 Å². The van der Waals surface area contributed by atoms with E-state index >= 15 is 0 Å². The second-order valence-corrected chi connectivity index (χ2v) is 6.33. The lowest BCUT2D eigenvalue weighted by Gasteiger charge is -2.24. The Balaban J connectivity index is 2.57. The van der Waals surface area contributed by atoms with Crippen LogP contribution in [-0.4, -0.2) is 20.7 Å². The first-order valence-electron chi connectivity index (χ1n) is 6.45. The van der Waals surface area contributed by atoms with Crippen LogP contribution in [0, 0.1) is 5.41 Å². The summed E-state index contributed by atoms with van der Waals surface area (Å²) >= 11 is 3.62. The fourth-order valence-electron chi connectivity index (χ4n) is 1.92. The van der Waals surface area contributed by atoms with Crippen molar-refractivity contribution in [3.8, 4) is 5.75 Å². The molecule has 0 unspecified atom stereocenters. The van der Waals surface area contributed by atoms with Crippen molar-refractivity contribution in [2.24, 2.45) is 5.41 Å². The molecule has 0 radical (unpaired) electrons. The number of hydrogen-bond donors (Lipinski definition) is 1. The molecule has 0 aliphatic rings. The van der Waals surface area contributed by atoms with Crippen molar-refractivity contribution in [2.45, 2.75) is 33.1 Å². The van der Waals surface area contributed by atoms with Crippen LogP contribution in [0.2, 0.25) is 0 Å². The van der Waals surface area contributed by atoms with Gasteiger partial charge in [-0.1, -0.05) is 35.8 Å². The van der Waals surface area contributed by atoms with Crippen molar-refractivity contribution >= 4 is 15.9 Å². The Labute approximate surface area is 119 Å². The van der Waals surface area contributed by atoms with Gasteiger partial charge in [0.25, 0.3) is 0 Å². The van der Waals surface area contributed by atoms with Crippen LogP contribution in [0.4, 0.5) is 0 Å². The number of nitrogens with one attached hydrogen (secondary N) is 1. The summed E-state index contributed by atoms with van der Waals surface area (Å²) in [7, 11) is 3.71. The molecular formula is C15H24BrNO. The Morgan fingerprint density at radius 1 is 1.28 bits per heavy atom. The Morgan fingerprint density at radius 2 is 2.00 bits per heavy atom. The summed E-state index contributed by atoms with van der Waals surface area (Å²) in [5.41, 5.74) is 1.73. The molecule has 0 atom stereocenters. The molecule has 0 fully saturated rings. The summed E-state index contributed by atoms with van der Waals surface area (Å²) in [6.45, 7) is 5.75. The molecule has 0 aliphatic carbocycles. The highest BCUT2D eigenvalue weighted by molar-refractivity contribution is 9.10. The predicted octanol–water partition coefficient (Wildman–Crippen LogP) is 4.03. The van der Waals surface area contributed by atoms with E-state index in [-0.39, 0.29) is 0 Å². The minimum absolute atomic E-state index is 0.377. The van der Waals surface area contributed by atoms with Gasteiger partial charge in [0.15, 0.2) is 0 Å². The number of halogens is 1. The predicted molar refractivity (Wildman–Crippen MR) is 81.3 cm³/mol. The first-order valence-corrected chi connectivity index (χ1v) is 7.25. The molecule has 0 spiro atoms. The third-order valence-electron chi connectivity index (χ3n) is 3.38. The lowest BCUT2D eigenvalue weighted by atomic mass is 9.83. The van der Waals surface area contributed by atoms with Gasteiger partial charge in [0.1, 0.15) is 5.75 Å². The van der Waals surface area contributed by atoms with E-state index in [1.807, 2.05) is 19.2 Å². The molecule has 1 rings (SSSR count). The standard InChI is InChI=1S/C15H24BrNO/c1-15(2,9-10-17-3)8-7-12-5-6-13(18-4)11-14(12)16/h5-6,11,17H,7-10H2,1-4H3. The summed E-state index contributed by atoms with van der Waals surface area (Å²) in [5, 5.41) is 3.22. The summed E-state index contributed by atoms with van der Waals surface area (Å²) in [6.07, 6.45) is 3.50. The quantitative estimate of drug-likeness (QED) is 0.820. The fourth-order valence-corrected chi connectivity index (χ4v) is 2.48. The molecule has 0 saturated heterocycles. The highest BCUT2D eigenvalue weighted by Gasteiger charge is 2.17. The maximum absolute atomic E-state index is 5.21. The number of hydrogen-bond acceptors (Lipinski definition) is 2. The van der Waals surface area contributed by atoms with E-state index in [0.717, 1.165) is 23.2 Å². The SMILES string of the molecule is CNCCC(C)(C)CCc1ccc(OC)cc1Br. The van der Waals surface area contributed by atoms with E-state index in [1.165, 1.54) is 18.4 Å². The fraction of sp³-hybridized carbons (Fsp3) is 0.600. The molecule has 102 valence electrons. The zero-order chi connectivity index (χ0) is 13.6. The molecule has 18 heavy (non-hydrogen) atoms. The second-order valence-electron chi connectivity index (χ2n) is 5.48. The molecule has 0 heterocycles. The molecule has 0 amide bonds. The summed E-state index contributed by atoms with van der Waals surface area (Å²) in [6, 6.07) is 6.22. The lowest BCUT2D eigenvalue weighted by molar-refractivity contribution is 0.305. The summed E-state index contributed by atoms with van der Waals surface area (Å²) in [4.78, 5) is 0. The van der Waals surface area contributed by atoms with Gasteiger partial charge in [-0.25, -0.2) is 0 Å². The maximum atomic E-state index is 5.21. The van der Waals surface area contributed by atoms with Crippen LogP contribution in [0.25, 0.3) is 0 Å². The first-order chi connectivity index (χ1) is 8.48. The van der Waals surface area contributed by atoms with Gasteiger partial charge < -0.3 is 10.1 Å². The molecule has 0 aliphatic heterocycles. The average Bonchev–Trinajstić information content (AvgIpc) is 2.35. The monoisotopic (exact) mass is 313 g/mol. The van der Waals surface area contributed by atoms with Crippen molar-refractivity contribution in [3.05, 3.63) is 28.2 Å². The molecule has 1 aromatic rings. The molecule has 3 heteroatoms. The third kappa shape index (κ3) is 4.99. The topological polar surface area (TPSA) is 21.3 Å². The van der Waals surface area contributed by atoms with Crippen LogP contribution in [0.1, 0.15) is 32.3 Å². The van der Waals surface area contributed by atoms with Crippen molar-refractivity contribution < 1.29 is 4.74 Å². The van der Waals surface area contributed by atoms with Gasteiger partial charge in [0.05, 0.1) is 7.11 Å². The minimum atomic E-state index is 0.377. The Hall–Kier alpha value is -0.540. The Kier molecular flexibility index (Phi) is 6.16. The largest absolute Gasteiger partial charge is 0.497 e. The number of aryl methyl sites for hydroxylation is 1. The number of benzene rings is 1. The van der Waals surface area contributed by atoms with Gasteiger partial charge in [0, 0.05) is 4.47 Å².